The zero-order valence-electron chi connectivity index (χ0n) is 19.0. The molecule has 0 aromatic heterocycles. The van der Waals surface area contributed by atoms with Crippen molar-refractivity contribution in [2.75, 3.05) is 26.3 Å². The van der Waals surface area contributed by atoms with E-state index in [9.17, 15) is 5.11 Å². The van der Waals surface area contributed by atoms with E-state index in [0.29, 0.717) is 6.54 Å². The first-order valence-electron chi connectivity index (χ1n) is 11.8. The van der Waals surface area contributed by atoms with Crippen LogP contribution in [0.3, 0.4) is 0 Å². The van der Waals surface area contributed by atoms with Crippen molar-refractivity contribution in [2.24, 2.45) is 0 Å². The molecule has 0 bridgehead atoms. The van der Waals surface area contributed by atoms with Crippen LogP contribution in [0, 0.1) is 6.92 Å². The summed E-state index contributed by atoms with van der Waals surface area (Å²) in [5.74, 6) is 0. The molecule has 0 radical (unpaired) electrons. The zero-order chi connectivity index (χ0) is 21.4. The van der Waals surface area contributed by atoms with Crippen LogP contribution < -0.4 is 5.32 Å². The second kappa shape index (κ2) is 15.2. The molecule has 0 heterocycles. The van der Waals surface area contributed by atoms with Gasteiger partial charge in [-0.3, -0.25) is 0 Å². The lowest BCUT2D eigenvalue weighted by Gasteiger charge is -2.14. The summed E-state index contributed by atoms with van der Waals surface area (Å²) in [6.45, 7) is 7.63. The van der Waals surface area contributed by atoms with E-state index in [1.54, 1.807) is 0 Å². The molecule has 2 rings (SSSR count). The summed E-state index contributed by atoms with van der Waals surface area (Å²) in [4.78, 5) is 0. The number of aliphatic hydroxyl groups excluding tert-OH is 1. The molecule has 3 nitrogen and oxygen atoms in total. The number of aryl methyl sites for hydroxylation is 3. The highest BCUT2D eigenvalue weighted by molar-refractivity contribution is 5.32. The van der Waals surface area contributed by atoms with Crippen LogP contribution in [0.5, 0.6) is 0 Å². The highest BCUT2D eigenvalue weighted by Crippen LogP contribution is 2.17. The fourth-order valence-corrected chi connectivity index (χ4v) is 3.72. The number of rotatable bonds is 16. The minimum Gasteiger partial charge on any atom is -0.387 e. The van der Waals surface area contributed by atoms with Gasteiger partial charge in [-0.2, -0.15) is 0 Å². The van der Waals surface area contributed by atoms with Gasteiger partial charge in [-0.15, -0.1) is 0 Å². The van der Waals surface area contributed by atoms with E-state index >= 15 is 0 Å². The van der Waals surface area contributed by atoms with Crippen molar-refractivity contribution in [1.29, 1.82) is 0 Å². The normalized spacial score (nSPS) is 12.2. The van der Waals surface area contributed by atoms with Crippen molar-refractivity contribution in [3.63, 3.8) is 0 Å². The molecular formula is C27H41NO2. The van der Waals surface area contributed by atoms with Crippen LogP contribution in [0.25, 0.3) is 0 Å². The number of hydrogen-bond donors (Lipinski definition) is 2. The Bertz CT molecular complexity index is 687. The van der Waals surface area contributed by atoms with Crippen molar-refractivity contribution >= 4 is 0 Å². The smallest absolute Gasteiger partial charge is 0.0914 e. The molecule has 30 heavy (non-hydrogen) atoms. The van der Waals surface area contributed by atoms with E-state index in [-0.39, 0.29) is 0 Å². The Morgan fingerprint density at radius 3 is 2.40 bits per heavy atom. The minimum atomic E-state index is -0.425. The van der Waals surface area contributed by atoms with Gasteiger partial charge in [0.1, 0.15) is 0 Å². The number of benzene rings is 2. The van der Waals surface area contributed by atoms with Crippen LogP contribution in [0.4, 0.5) is 0 Å². The maximum Gasteiger partial charge on any atom is 0.0914 e. The summed E-state index contributed by atoms with van der Waals surface area (Å²) >= 11 is 0. The van der Waals surface area contributed by atoms with Gasteiger partial charge in [-0.1, -0.05) is 68.3 Å². The van der Waals surface area contributed by atoms with Crippen molar-refractivity contribution in [2.45, 2.75) is 71.3 Å². The van der Waals surface area contributed by atoms with Crippen LogP contribution >= 0.6 is 0 Å². The Hall–Kier alpha value is -1.68. The third-order valence-corrected chi connectivity index (χ3v) is 5.72. The molecular weight excluding hydrogens is 370 g/mol. The molecule has 1 unspecified atom stereocenters. The molecule has 166 valence electrons. The Balaban J connectivity index is 1.39. The topological polar surface area (TPSA) is 41.5 Å². The highest BCUT2D eigenvalue weighted by Gasteiger charge is 2.08. The molecule has 2 N–H and O–H groups in total. The largest absolute Gasteiger partial charge is 0.387 e. The molecule has 0 aliphatic heterocycles. The predicted molar refractivity (Wildman–Crippen MR) is 127 cm³/mol. The van der Waals surface area contributed by atoms with Crippen LogP contribution in [0.1, 0.15) is 73.8 Å². The molecule has 0 fully saturated rings. The maximum absolute atomic E-state index is 10.4. The van der Waals surface area contributed by atoms with Gasteiger partial charge >= 0.3 is 0 Å². The lowest BCUT2D eigenvalue weighted by molar-refractivity contribution is 0.126. The molecule has 0 saturated carbocycles. The van der Waals surface area contributed by atoms with E-state index in [0.717, 1.165) is 57.4 Å². The van der Waals surface area contributed by atoms with Gasteiger partial charge < -0.3 is 15.2 Å². The molecule has 0 amide bonds. The molecule has 0 spiro atoms. The standard InChI is InChI=1S/C27H41NO2/c1-3-25-21-26(17-16-23(25)2)27(29)22-28-18-10-4-5-11-19-30-20-12-9-15-24-13-7-6-8-14-24/h6-8,13-14,16-17,21,27-29H,3-5,9-12,15,18-20,22H2,1-2H3. The average molecular weight is 412 g/mol. The van der Waals surface area contributed by atoms with Crippen molar-refractivity contribution < 1.29 is 9.84 Å². The first-order chi connectivity index (χ1) is 14.7. The van der Waals surface area contributed by atoms with Gasteiger partial charge in [-0.05, 0) is 74.2 Å². The molecule has 0 aliphatic carbocycles. The van der Waals surface area contributed by atoms with Gasteiger partial charge in [-0.25, -0.2) is 0 Å². The lowest BCUT2D eigenvalue weighted by atomic mass is 10.00. The van der Waals surface area contributed by atoms with E-state index in [1.165, 1.54) is 36.0 Å². The van der Waals surface area contributed by atoms with Crippen molar-refractivity contribution in [1.82, 2.24) is 5.32 Å². The third-order valence-electron chi connectivity index (χ3n) is 5.72. The third kappa shape index (κ3) is 9.88. The fourth-order valence-electron chi connectivity index (χ4n) is 3.72. The van der Waals surface area contributed by atoms with Crippen molar-refractivity contribution in [3.8, 4) is 0 Å². The van der Waals surface area contributed by atoms with Gasteiger partial charge in [0.2, 0.25) is 0 Å². The Labute approximate surface area is 183 Å². The average Bonchev–Trinajstić information content (AvgIpc) is 2.77. The SMILES string of the molecule is CCc1cc(C(O)CNCCCCCCOCCCCc2ccccc2)ccc1C. The summed E-state index contributed by atoms with van der Waals surface area (Å²) < 4.78 is 5.76. The number of ether oxygens (including phenoxy) is 1. The van der Waals surface area contributed by atoms with Crippen LogP contribution in [-0.2, 0) is 17.6 Å². The van der Waals surface area contributed by atoms with Gasteiger partial charge in [0.05, 0.1) is 6.10 Å². The van der Waals surface area contributed by atoms with Crippen LogP contribution in [0.15, 0.2) is 48.5 Å². The number of unbranched alkanes of at least 4 members (excludes halogenated alkanes) is 4. The van der Waals surface area contributed by atoms with E-state index < -0.39 is 6.10 Å². The highest BCUT2D eigenvalue weighted by atomic mass is 16.5. The summed E-state index contributed by atoms with van der Waals surface area (Å²) in [6, 6.07) is 17.0. The second-order valence-corrected chi connectivity index (χ2v) is 8.23. The molecule has 2 aromatic rings. The Kier molecular flexibility index (Phi) is 12.4. The van der Waals surface area contributed by atoms with E-state index in [1.807, 2.05) is 6.07 Å². The first kappa shape index (κ1) is 24.6. The van der Waals surface area contributed by atoms with Gasteiger partial charge in [0.25, 0.3) is 0 Å². The fraction of sp³-hybridized carbons (Fsp3) is 0.556. The summed E-state index contributed by atoms with van der Waals surface area (Å²) in [5.41, 5.74) is 5.07. The second-order valence-electron chi connectivity index (χ2n) is 8.23. The molecule has 0 aliphatic rings. The quantitative estimate of drug-likeness (QED) is 0.344. The number of nitrogens with one attached hydrogen (secondary N) is 1. The summed E-state index contributed by atoms with van der Waals surface area (Å²) in [6.07, 6.45) is 8.80. The molecule has 0 saturated heterocycles. The monoisotopic (exact) mass is 411 g/mol. The van der Waals surface area contributed by atoms with E-state index in [4.69, 9.17) is 4.74 Å². The minimum absolute atomic E-state index is 0.425. The molecule has 3 heteroatoms. The molecule has 2 aromatic carbocycles. The van der Waals surface area contributed by atoms with Crippen LogP contribution in [-0.4, -0.2) is 31.4 Å². The summed E-state index contributed by atoms with van der Waals surface area (Å²) in [5, 5.41) is 13.8. The number of aliphatic hydroxyl groups is 1. The summed E-state index contributed by atoms with van der Waals surface area (Å²) in [7, 11) is 0. The van der Waals surface area contributed by atoms with Gasteiger partial charge in [0, 0.05) is 19.8 Å². The van der Waals surface area contributed by atoms with Gasteiger partial charge in [0.15, 0.2) is 0 Å². The Morgan fingerprint density at radius 1 is 0.900 bits per heavy atom. The predicted octanol–water partition coefficient (Wildman–Crippen LogP) is 5.78. The maximum atomic E-state index is 10.4. The van der Waals surface area contributed by atoms with Crippen molar-refractivity contribution in [3.05, 3.63) is 70.8 Å². The molecule has 1 atom stereocenters. The first-order valence-corrected chi connectivity index (χ1v) is 11.8. The lowest BCUT2D eigenvalue weighted by Crippen LogP contribution is -2.22. The van der Waals surface area contributed by atoms with Crippen LogP contribution in [0.2, 0.25) is 0 Å². The Morgan fingerprint density at radius 2 is 1.63 bits per heavy atom. The zero-order valence-corrected chi connectivity index (χ0v) is 19.0. The van der Waals surface area contributed by atoms with E-state index in [2.05, 4.69) is 61.6 Å². The number of hydrogen-bond acceptors (Lipinski definition) is 3.